The van der Waals surface area contributed by atoms with E-state index in [9.17, 15) is 4.79 Å². The lowest BCUT2D eigenvalue weighted by atomic mass is 10.1. The summed E-state index contributed by atoms with van der Waals surface area (Å²) in [5, 5.41) is 16.9. The number of aromatic nitrogens is 5. The second-order valence-corrected chi connectivity index (χ2v) is 5.96. The Kier molecular flexibility index (Phi) is 3.82. The number of benzene rings is 1. The second kappa shape index (κ2) is 6.27. The van der Waals surface area contributed by atoms with E-state index >= 15 is 0 Å². The fraction of sp³-hybridized carbons (Fsp3) is 0.294. The molecule has 1 aliphatic rings. The van der Waals surface area contributed by atoms with E-state index in [0.717, 1.165) is 42.5 Å². The molecule has 0 saturated carbocycles. The molecule has 2 heterocycles. The summed E-state index contributed by atoms with van der Waals surface area (Å²) in [6.45, 7) is 0. The first-order valence-corrected chi connectivity index (χ1v) is 8.14. The van der Waals surface area contributed by atoms with Gasteiger partial charge in [-0.3, -0.25) is 15.0 Å². The van der Waals surface area contributed by atoms with Crippen molar-refractivity contribution in [3.8, 4) is 11.4 Å². The monoisotopic (exact) mass is 322 g/mol. The number of nitrogens with zero attached hydrogens (tertiary/aromatic N) is 3. The normalized spacial score (nSPS) is 14.0. The molecule has 4 rings (SSSR count). The van der Waals surface area contributed by atoms with Gasteiger partial charge in [-0.15, -0.1) is 0 Å². The highest BCUT2D eigenvalue weighted by atomic mass is 16.1. The van der Waals surface area contributed by atoms with E-state index < -0.39 is 0 Å². The van der Waals surface area contributed by atoms with Gasteiger partial charge in [0.05, 0.1) is 0 Å². The third kappa shape index (κ3) is 2.80. The molecule has 0 saturated heterocycles. The van der Waals surface area contributed by atoms with Crippen LogP contribution in [0, 0.1) is 0 Å². The van der Waals surface area contributed by atoms with Gasteiger partial charge < -0.3 is 5.32 Å². The van der Waals surface area contributed by atoms with E-state index in [1.807, 2.05) is 24.3 Å². The number of aryl methyl sites for hydroxylation is 1. The van der Waals surface area contributed by atoms with Gasteiger partial charge in [0.2, 0.25) is 0 Å². The highest BCUT2D eigenvalue weighted by molar-refractivity contribution is 6.04. The summed E-state index contributed by atoms with van der Waals surface area (Å²) in [4.78, 5) is 16.8. The molecule has 122 valence electrons. The Balaban J connectivity index is 1.57. The Morgan fingerprint density at radius 1 is 1.12 bits per heavy atom. The minimum atomic E-state index is -0.177. The van der Waals surface area contributed by atoms with E-state index in [-0.39, 0.29) is 5.91 Å². The van der Waals surface area contributed by atoms with Crippen LogP contribution in [0.3, 0.4) is 0 Å². The summed E-state index contributed by atoms with van der Waals surface area (Å²) in [7, 11) is 0. The molecule has 7 heteroatoms. The van der Waals surface area contributed by atoms with Gasteiger partial charge in [-0.05, 0) is 37.8 Å². The van der Waals surface area contributed by atoms with Crippen LogP contribution in [0.5, 0.6) is 0 Å². The summed E-state index contributed by atoms with van der Waals surface area (Å²) in [5.74, 6) is 0.490. The summed E-state index contributed by atoms with van der Waals surface area (Å²) >= 11 is 0. The number of carbonyl (C=O) groups is 1. The SMILES string of the molecule is O=C(Nc1cccc(-c2ncn[nH]2)c1)c1n[nH]c2c1CCCCC2. The van der Waals surface area contributed by atoms with Crippen LogP contribution in [0.2, 0.25) is 0 Å². The van der Waals surface area contributed by atoms with Crippen LogP contribution in [0.15, 0.2) is 30.6 Å². The van der Waals surface area contributed by atoms with Crippen LogP contribution in [-0.2, 0) is 12.8 Å². The number of H-pyrrole nitrogens is 2. The molecular formula is C17H18N6O. The molecule has 0 radical (unpaired) electrons. The minimum absolute atomic E-state index is 0.177. The topological polar surface area (TPSA) is 99.3 Å². The molecule has 1 aliphatic carbocycles. The number of amides is 1. The number of fused-ring (bicyclic) bond motifs is 1. The van der Waals surface area contributed by atoms with Gasteiger partial charge in [0, 0.05) is 22.5 Å². The fourth-order valence-electron chi connectivity index (χ4n) is 3.12. The first-order chi connectivity index (χ1) is 11.8. The predicted octanol–water partition coefficient (Wildman–Crippen LogP) is 2.72. The molecule has 0 unspecified atom stereocenters. The highest BCUT2D eigenvalue weighted by Gasteiger charge is 2.21. The average molecular weight is 322 g/mol. The standard InChI is InChI=1S/C17H18N6O/c24-17(15-13-7-2-1-3-8-14(13)21-22-15)20-12-6-4-5-11(9-12)16-18-10-19-23-16/h4-6,9-10H,1-3,7-8H2,(H,20,24)(H,21,22)(H,18,19,23). The maximum atomic E-state index is 12.6. The van der Waals surface area contributed by atoms with Crippen LogP contribution >= 0.6 is 0 Å². The molecule has 0 aliphatic heterocycles. The van der Waals surface area contributed by atoms with E-state index in [1.165, 1.54) is 12.7 Å². The lowest BCUT2D eigenvalue weighted by Crippen LogP contribution is -2.14. The fourth-order valence-corrected chi connectivity index (χ4v) is 3.12. The first-order valence-electron chi connectivity index (χ1n) is 8.14. The molecule has 0 bridgehead atoms. The Hall–Kier alpha value is -2.96. The van der Waals surface area contributed by atoms with Gasteiger partial charge in [0.15, 0.2) is 11.5 Å². The van der Waals surface area contributed by atoms with Gasteiger partial charge in [0.1, 0.15) is 6.33 Å². The van der Waals surface area contributed by atoms with Crippen molar-refractivity contribution < 1.29 is 4.79 Å². The maximum absolute atomic E-state index is 12.6. The molecule has 3 N–H and O–H groups in total. The second-order valence-electron chi connectivity index (χ2n) is 5.96. The molecular weight excluding hydrogens is 304 g/mol. The van der Waals surface area contributed by atoms with Crippen molar-refractivity contribution in [3.05, 3.63) is 47.5 Å². The number of anilines is 1. The summed E-state index contributed by atoms with van der Waals surface area (Å²) < 4.78 is 0. The molecule has 2 aromatic heterocycles. The maximum Gasteiger partial charge on any atom is 0.276 e. The molecule has 1 aromatic carbocycles. The van der Waals surface area contributed by atoms with E-state index in [2.05, 4.69) is 30.7 Å². The first kappa shape index (κ1) is 14.6. The lowest BCUT2D eigenvalue weighted by molar-refractivity contribution is 0.102. The summed E-state index contributed by atoms with van der Waals surface area (Å²) in [6, 6.07) is 7.50. The predicted molar refractivity (Wildman–Crippen MR) is 89.6 cm³/mol. The van der Waals surface area contributed by atoms with Crippen molar-refractivity contribution >= 4 is 11.6 Å². The van der Waals surface area contributed by atoms with Crippen molar-refractivity contribution in [3.63, 3.8) is 0 Å². The van der Waals surface area contributed by atoms with Crippen LogP contribution < -0.4 is 5.32 Å². The van der Waals surface area contributed by atoms with Crippen LogP contribution in [0.1, 0.15) is 41.0 Å². The van der Waals surface area contributed by atoms with Gasteiger partial charge >= 0.3 is 0 Å². The van der Waals surface area contributed by atoms with E-state index in [1.54, 1.807) is 0 Å². The Morgan fingerprint density at radius 2 is 2.04 bits per heavy atom. The number of rotatable bonds is 3. The number of aromatic amines is 2. The quantitative estimate of drug-likeness (QED) is 0.646. The van der Waals surface area contributed by atoms with Crippen LogP contribution in [-0.4, -0.2) is 31.3 Å². The molecule has 0 spiro atoms. The third-order valence-electron chi connectivity index (χ3n) is 4.33. The van der Waals surface area contributed by atoms with Crippen molar-refractivity contribution in [2.45, 2.75) is 32.1 Å². The highest BCUT2D eigenvalue weighted by Crippen LogP contribution is 2.23. The van der Waals surface area contributed by atoms with Crippen molar-refractivity contribution in [2.75, 3.05) is 5.32 Å². The molecule has 7 nitrogen and oxygen atoms in total. The molecule has 24 heavy (non-hydrogen) atoms. The van der Waals surface area contributed by atoms with Crippen molar-refractivity contribution in [2.24, 2.45) is 0 Å². The van der Waals surface area contributed by atoms with E-state index in [4.69, 9.17) is 0 Å². The zero-order chi connectivity index (χ0) is 16.4. The molecule has 3 aromatic rings. The van der Waals surface area contributed by atoms with Gasteiger partial charge in [-0.2, -0.15) is 10.2 Å². The minimum Gasteiger partial charge on any atom is -0.321 e. The third-order valence-corrected chi connectivity index (χ3v) is 4.33. The van der Waals surface area contributed by atoms with Crippen molar-refractivity contribution in [1.29, 1.82) is 0 Å². The molecule has 1 amide bonds. The molecule has 0 fully saturated rings. The zero-order valence-corrected chi connectivity index (χ0v) is 13.2. The van der Waals surface area contributed by atoms with Crippen LogP contribution in [0.25, 0.3) is 11.4 Å². The molecule has 0 atom stereocenters. The summed E-state index contributed by atoms with van der Waals surface area (Å²) in [6.07, 6.45) is 6.79. The average Bonchev–Trinajstić information content (AvgIpc) is 3.21. The number of nitrogens with one attached hydrogen (secondary N) is 3. The lowest BCUT2D eigenvalue weighted by Gasteiger charge is -2.06. The summed E-state index contributed by atoms with van der Waals surface area (Å²) in [5.41, 5.74) is 4.26. The van der Waals surface area contributed by atoms with Crippen molar-refractivity contribution in [1.82, 2.24) is 25.4 Å². The Morgan fingerprint density at radius 3 is 2.92 bits per heavy atom. The zero-order valence-electron chi connectivity index (χ0n) is 13.2. The van der Waals surface area contributed by atoms with E-state index in [0.29, 0.717) is 17.2 Å². The smallest absolute Gasteiger partial charge is 0.276 e. The number of carbonyl (C=O) groups excluding carboxylic acids is 1. The van der Waals surface area contributed by atoms with Gasteiger partial charge in [0.25, 0.3) is 5.91 Å². The number of hydrogen-bond acceptors (Lipinski definition) is 4. The Labute approximate surface area is 138 Å². The Bertz CT molecular complexity index is 852. The largest absolute Gasteiger partial charge is 0.321 e. The van der Waals surface area contributed by atoms with Gasteiger partial charge in [-0.25, -0.2) is 4.98 Å². The number of hydrogen-bond donors (Lipinski definition) is 3. The van der Waals surface area contributed by atoms with Crippen LogP contribution in [0.4, 0.5) is 5.69 Å². The van der Waals surface area contributed by atoms with Gasteiger partial charge in [-0.1, -0.05) is 18.6 Å².